The van der Waals surface area contributed by atoms with Gasteiger partial charge in [0.2, 0.25) is 5.91 Å². The van der Waals surface area contributed by atoms with Crippen LogP contribution in [-0.4, -0.2) is 70.8 Å². The molecule has 3 rings (SSSR count). The number of rotatable bonds is 4. The monoisotopic (exact) mass is 331 g/mol. The molecule has 1 aromatic rings. The standard InChI is InChI=1S/C18H25N3O3/c1-4-8-20-10-11-21(14(2)3)17(23)18(20)7-9-19(13-18)16(22)15-6-5-12-24-15/h4-6,12,14H,1,7-11,13H2,2-3H3/t18-/m0/s1. The van der Waals surface area contributed by atoms with E-state index < -0.39 is 5.54 Å². The maximum absolute atomic E-state index is 13.2. The third kappa shape index (κ3) is 2.65. The van der Waals surface area contributed by atoms with E-state index >= 15 is 0 Å². The quantitative estimate of drug-likeness (QED) is 0.787. The molecule has 2 saturated heterocycles. The van der Waals surface area contributed by atoms with Gasteiger partial charge < -0.3 is 14.2 Å². The summed E-state index contributed by atoms with van der Waals surface area (Å²) in [5.41, 5.74) is -0.640. The molecule has 2 fully saturated rings. The molecule has 2 amide bonds. The van der Waals surface area contributed by atoms with Crippen LogP contribution >= 0.6 is 0 Å². The SMILES string of the molecule is C=CCN1CCN(C(C)C)C(=O)[C@@]12CCN(C(=O)c1ccco1)C2. The summed E-state index contributed by atoms with van der Waals surface area (Å²) in [6, 6.07) is 3.53. The van der Waals surface area contributed by atoms with E-state index in [2.05, 4.69) is 11.5 Å². The molecule has 2 aliphatic rings. The number of hydrogen-bond acceptors (Lipinski definition) is 4. The Bertz CT molecular complexity index is 625. The highest BCUT2D eigenvalue weighted by atomic mass is 16.3. The third-order valence-electron chi connectivity index (χ3n) is 5.11. The first kappa shape index (κ1) is 16.8. The smallest absolute Gasteiger partial charge is 0.289 e. The van der Waals surface area contributed by atoms with E-state index in [1.54, 1.807) is 17.0 Å². The molecule has 0 saturated carbocycles. The van der Waals surface area contributed by atoms with Crippen molar-refractivity contribution >= 4 is 11.8 Å². The Morgan fingerprint density at radius 3 is 2.83 bits per heavy atom. The van der Waals surface area contributed by atoms with E-state index in [0.29, 0.717) is 31.8 Å². The summed E-state index contributed by atoms with van der Waals surface area (Å²) in [6.45, 7) is 11.0. The molecule has 130 valence electrons. The molecule has 1 spiro atoms. The van der Waals surface area contributed by atoms with E-state index in [4.69, 9.17) is 4.42 Å². The van der Waals surface area contributed by atoms with Crippen molar-refractivity contribution in [2.75, 3.05) is 32.7 Å². The van der Waals surface area contributed by atoms with Gasteiger partial charge in [0.1, 0.15) is 5.54 Å². The molecule has 0 N–H and O–H groups in total. The van der Waals surface area contributed by atoms with Gasteiger partial charge in [0.05, 0.1) is 6.26 Å². The van der Waals surface area contributed by atoms with Crippen LogP contribution in [0.3, 0.4) is 0 Å². The highest BCUT2D eigenvalue weighted by molar-refractivity contribution is 5.94. The van der Waals surface area contributed by atoms with Crippen LogP contribution in [0.2, 0.25) is 0 Å². The van der Waals surface area contributed by atoms with Crippen LogP contribution in [0.25, 0.3) is 0 Å². The van der Waals surface area contributed by atoms with Crippen molar-refractivity contribution in [3.63, 3.8) is 0 Å². The molecule has 1 aromatic heterocycles. The minimum absolute atomic E-state index is 0.125. The van der Waals surface area contributed by atoms with Crippen molar-refractivity contribution < 1.29 is 14.0 Å². The molecule has 0 radical (unpaired) electrons. The lowest BCUT2D eigenvalue weighted by Gasteiger charge is -2.48. The Hall–Kier alpha value is -2.08. The van der Waals surface area contributed by atoms with Gasteiger partial charge in [0.15, 0.2) is 5.76 Å². The average Bonchev–Trinajstić information content (AvgIpc) is 3.22. The van der Waals surface area contributed by atoms with Crippen LogP contribution in [0.1, 0.15) is 30.8 Å². The highest BCUT2D eigenvalue weighted by Gasteiger charge is 2.54. The van der Waals surface area contributed by atoms with Gasteiger partial charge in [-0.15, -0.1) is 6.58 Å². The van der Waals surface area contributed by atoms with Crippen LogP contribution in [0, 0.1) is 0 Å². The van der Waals surface area contributed by atoms with Crippen molar-refractivity contribution in [2.24, 2.45) is 0 Å². The lowest BCUT2D eigenvalue weighted by atomic mass is 9.90. The van der Waals surface area contributed by atoms with Gasteiger partial charge in [0, 0.05) is 38.8 Å². The molecule has 0 aromatic carbocycles. The molecule has 0 bridgehead atoms. The molecule has 2 aliphatic heterocycles. The first-order chi connectivity index (χ1) is 11.5. The van der Waals surface area contributed by atoms with Crippen molar-refractivity contribution in [1.29, 1.82) is 0 Å². The molecule has 0 unspecified atom stereocenters. The molecule has 6 heteroatoms. The van der Waals surface area contributed by atoms with Crippen LogP contribution in [0.4, 0.5) is 0 Å². The van der Waals surface area contributed by atoms with E-state index in [0.717, 1.165) is 13.1 Å². The number of amides is 2. The maximum atomic E-state index is 13.2. The summed E-state index contributed by atoms with van der Waals surface area (Å²) in [5, 5.41) is 0. The second-order valence-corrected chi connectivity index (χ2v) is 6.81. The van der Waals surface area contributed by atoms with E-state index in [1.807, 2.05) is 24.8 Å². The van der Waals surface area contributed by atoms with Crippen molar-refractivity contribution in [1.82, 2.24) is 14.7 Å². The van der Waals surface area contributed by atoms with Gasteiger partial charge in [0.25, 0.3) is 5.91 Å². The summed E-state index contributed by atoms with van der Waals surface area (Å²) >= 11 is 0. The van der Waals surface area contributed by atoms with Gasteiger partial charge in [-0.3, -0.25) is 14.5 Å². The molecular formula is C18H25N3O3. The zero-order chi connectivity index (χ0) is 17.3. The first-order valence-corrected chi connectivity index (χ1v) is 8.49. The molecular weight excluding hydrogens is 306 g/mol. The zero-order valence-electron chi connectivity index (χ0n) is 14.4. The molecule has 0 aliphatic carbocycles. The van der Waals surface area contributed by atoms with Gasteiger partial charge in [-0.25, -0.2) is 0 Å². The maximum Gasteiger partial charge on any atom is 0.289 e. The number of carbonyl (C=O) groups is 2. The van der Waals surface area contributed by atoms with E-state index in [9.17, 15) is 9.59 Å². The highest BCUT2D eigenvalue weighted by Crippen LogP contribution is 2.34. The van der Waals surface area contributed by atoms with Gasteiger partial charge in [-0.05, 0) is 32.4 Å². The molecule has 6 nitrogen and oxygen atoms in total. The minimum Gasteiger partial charge on any atom is -0.459 e. The summed E-state index contributed by atoms with van der Waals surface area (Å²) in [5.74, 6) is 0.302. The van der Waals surface area contributed by atoms with Crippen LogP contribution in [0.15, 0.2) is 35.5 Å². The predicted molar refractivity (Wildman–Crippen MR) is 90.6 cm³/mol. The lowest BCUT2D eigenvalue weighted by Crippen LogP contribution is -2.68. The van der Waals surface area contributed by atoms with Crippen LogP contribution in [-0.2, 0) is 4.79 Å². The number of nitrogens with zero attached hydrogens (tertiary/aromatic N) is 3. The van der Waals surface area contributed by atoms with Gasteiger partial charge in [-0.2, -0.15) is 0 Å². The normalized spacial score (nSPS) is 25.0. The second-order valence-electron chi connectivity index (χ2n) is 6.81. The second kappa shape index (κ2) is 6.43. The lowest BCUT2D eigenvalue weighted by molar-refractivity contribution is -0.152. The minimum atomic E-state index is -0.640. The fraction of sp³-hybridized carbons (Fsp3) is 0.556. The third-order valence-corrected chi connectivity index (χ3v) is 5.11. The summed E-state index contributed by atoms with van der Waals surface area (Å²) in [6.07, 6.45) is 3.97. The molecule has 24 heavy (non-hydrogen) atoms. The topological polar surface area (TPSA) is 57.0 Å². The number of likely N-dealkylation sites (tertiary alicyclic amines) is 1. The fourth-order valence-electron chi connectivity index (χ4n) is 3.82. The van der Waals surface area contributed by atoms with Crippen molar-refractivity contribution in [3.8, 4) is 0 Å². The Morgan fingerprint density at radius 1 is 1.42 bits per heavy atom. The zero-order valence-corrected chi connectivity index (χ0v) is 14.4. The average molecular weight is 331 g/mol. The van der Waals surface area contributed by atoms with Crippen molar-refractivity contribution in [3.05, 3.63) is 36.8 Å². The largest absolute Gasteiger partial charge is 0.459 e. The fourth-order valence-corrected chi connectivity index (χ4v) is 3.82. The Kier molecular flexibility index (Phi) is 4.49. The van der Waals surface area contributed by atoms with Crippen molar-refractivity contribution in [2.45, 2.75) is 31.8 Å². The number of furan rings is 1. The predicted octanol–water partition coefficient (Wildman–Crippen LogP) is 1.60. The number of hydrogen-bond donors (Lipinski definition) is 0. The summed E-state index contributed by atoms with van der Waals surface area (Å²) < 4.78 is 5.23. The van der Waals surface area contributed by atoms with Gasteiger partial charge in [-0.1, -0.05) is 6.08 Å². The number of piperazine rings is 1. The Labute approximate surface area is 142 Å². The van der Waals surface area contributed by atoms with Crippen LogP contribution < -0.4 is 0 Å². The number of carbonyl (C=O) groups excluding carboxylic acids is 2. The Balaban J connectivity index is 1.86. The first-order valence-electron chi connectivity index (χ1n) is 8.49. The van der Waals surface area contributed by atoms with Gasteiger partial charge >= 0.3 is 0 Å². The van der Waals surface area contributed by atoms with E-state index in [1.165, 1.54) is 6.26 Å². The van der Waals surface area contributed by atoms with E-state index in [-0.39, 0.29) is 17.9 Å². The van der Waals surface area contributed by atoms with Crippen LogP contribution in [0.5, 0.6) is 0 Å². The molecule has 3 heterocycles. The summed E-state index contributed by atoms with van der Waals surface area (Å²) in [4.78, 5) is 31.6. The summed E-state index contributed by atoms with van der Waals surface area (Å²) in [7, 11) is 0. The molecule has 1 atom stereocenters. The Morgan fingerprint density at radius 2 is 2.21 bits per heavy atom.